The van der Waals surface area contributed by atoms with Crippen LogP contribution in [0.1, 0.15) is 26.2 Å². The molecule has 1 saturated carbocycles. The summed E-state index contributed by atoms with van der Waals surface area (Å²) in [6, 6.07) is 9.53. The Kier molecular flexibility index (Phi) is 6.04. The lowest BCUT2D eigenvalue weighted by atomic mass is 10.2. The summed E-state index contributed by atoms with van der Waals surface area (Å²) in [5.74, 6) is 2.34. The highest BCUT2D eigenvalue weighted by atomic mass is 32.2. The van der Waals surface area contributed by atoms with Crippen LogP contribution in [0.25, 0.3) is 5.69 Å². The average Bonchev–Trinajstić information content (AvgIpc) is 3.17. The number of hydrogen-bond acceptors (Lipinski definition) is 8. The summed E-state index contributed by atoms with van der Waals surface area (Å²) in [4.78, 5) is 20.7. The van der Waals surface area contributed by atoms with Gasteiger partial charge < -0.3 is 10.6 Å². The van der Waals surface area contributed by atoms with Gasteiger partial charge in [-0.3, -0.25) is 9.36 Å². The maximum atomic E-state index is 11.9. The lowest BCUT2D eigenvalue weighted by Crippen LogP contribution is -2.22. The third kappa shape index (κ3) is 4.92. The number of pyridine rings is 2. The van der Waals surface area contributed by atoms with E-state index in [1.54, 1.807) is 41.0 Å². The summed E-state index contributed by atoms with van der Waals surface area (Å²) in [6.45, 7) is 2.08. The van der Waals surface area contributed by atoms with Gasteiger partial charge in [0.2, 0.25) is 5.95 Å². The molecule has 0 amide bonds. The molecule has 3 aromatic heterocycles. The maximum Gasteiger partial charge on any atom is 0.255 e. The molecule has 3 heterocycles. The molecule has 0 radical (unpaired) electrons. The van der Waals surface area contributed by atoms with Gasteiger partial charge in [0, 0.05) is 24.3 Å². The molecule has 1 aliphatic carbocycles. The van der Waals surface area contributed by atoms with Crippen LogP contribution in [0.2, 0.25) is 0 Å². The largest absolute Gasteiger partial charge is 0.367 e. The summed E-state index contributed by atoms with van der Waals surface area (Å²) in [6.07, 6.45) is 8.24. The number of hydrogen-bond donors (Lipinski definition) is 2. The van der Waals surface area contributed by atoms with Gasteiger partial charge in [0.1, 0.15) is 10.8 Å². The molecule has 0 bridgehead atoms. The molecule has 1 fully saturated rings. The fourth-order valence-corrected chi connectivity index (χ4v) is 3.96. The first-order chi connectivity index (χ1) is 14.2. The Hall–Kier alpha value is -2.94. The molecule has 29 heavy (non-hydrogen) atoms. The number of anilines is 2. The van der Waals surface area contributed by atoms with Crippen molar-refractivity contribution in [1.82, 2.24) is 24.7 Å². The van der Waals surface area contributed by atoms with Crippen molar-refractivity contribution in [3.05, 3.63) is 59.3 Å². The lowest BCUT2D eigenvalue weighted by Gasteiger charge is -2.15. The molecule has 2 atom stereocenters. The van der Waals surface area contributed by atoms with Crippen LogP contribution in [-0.2, 0) is 0 Å². The second-order valence-electron chi connectivity index (χ2n) is 6.86. The molecule has 8 nitrogen and oxygen atoms in total. The van der Waals surface area contributed by atoms with Crippen molar-refractivity contribution in [1.29, 1.82) is 0 Å². The second kappa shape index (κ2) is 9.04. The molecule has 3 aromatic rings. The van der Waals surface area contributed by atoms with E-state index in [-0.39, 0.29) is 5.56 Å². The fraction of sp³-hybridized carbons (Fsp3) is 0.350. The molecule has 0 aromatic carbocycles. The Balaban J connectivity index is 1.32. The molecule has 0 saturated heterocycles. The van der Waals surface area contributed by atoms with Crippen molar-refractivity contribution < 1.29 is 0 Å². The van der Waals surface area contributed by atoms with Crippen LogP contribution in [0.3, 0.4) is 0 Å². The number of nitrogens with zero attached hydrogens (tertiary/aromatic N) is 5. The van der Waals surface area contributed by atoms with E-state index in [0.717, 1.165) is 41.5 Å². The van der Waals surface area contributed by atoms with Gasteiger partial charge in [-0.2, -0.15) is 0 Å². The van der Waals surface area contributed by atoms with Crippen LogP contribution in [0.15, 0.2) is 58.7 Å². The zero-order chi connectivity index (χ0) is 20.1. The van der Waals surface area contributed by atoms with Crippen LogP contribution in [0.5, 0.6) is 0 Å². The molecule has 9 heteroatoms. The van der Waals surface area contributed by atoms with Crippen molar-refractivity contribution in [3.63, 3.8) is 0 Å². The van der Waals surface area contributed by atoms with Crippen molar-refractivity contribution in [3.8, 4) is 5.69 Å². The van der Waals surface area contributed by atoms with E-state index in [1.807, 2.05) is 18.2 Å². The number of nitrogens with one attached hydrogen (secondary N) is 2. The molecule has 0 aliphatic heterocycles. The SMILES string of the molecule is CCSc1cnc(N[C@H]2CC[C@H](Nc3ccc(-n4ccccc4=O)cn3)C2)nn1. The summed E-state index contributed by atoms with van der Waals surface area (Å²) in [7, 11) is 0. The summed E-state index contributed by atoms with van der Waals surface area (Å²) >= 11 is 1.63. The molecule has 2 N–H and O–H groups in total. The highest BCUT2D eigenvalue weighted by molar-refractivity contribution is 7.99. The smallest absolute Gasteiger partial charge is 0.255 e. The minimum Gasteiger partial charge on any atom is -0.367 e. The Morgan fingerprint density at radius 2 is 1.93 bits per heavy atom. The Bertz CT molecular complexity index is 991. The van der Waals surface area contributed by atoms with Gasteiger partial charge in [-0.15, -0.1) is 22.0 Å². The molecule has 1 aliphatic rings. The van der Waals surface area contributed by atoms with E-state index in [4.69, 9.17) is 0 Å². The topological polar surface area (TPSA) is 97.6 Å². The molecule has 150 valence electrons. The monoisotopic (exact) mass is 409 g/mol. The highest BCUT2D eigenvalue weighted by Gasteiger charge is 2.25. The van der Waals surface area contributed by atoms with E-state index in [1.165, 1.54) is 6.07 Å². The predicted molar refractivity (Wildman–Crippen MR) is 115 cm³/mol. The standard InChI is InChI=1S/C20H23N7OS/c1-2-29-18-13-22-20(26-25-18)24-15-7-6-14(11-15)23-17-9-8-16(12-21-17)27-10-4-3-5-19(27)28/h3-5,8-10,12-15H,2,6-7,11H2,1H3,(H,21,23)(H,22,24,26)/t14-,15-/m0/s1. The normalized spacial score (nSPS) is 18.5. The molecule has 4 rings (SSSR count). The zero-order valence-electron chi connectivity index (χ0n) is 16.2. The summed E-state index contributed by atoms with van der Waals surface area (Å²) < 4.78 is 1.57. The summed E-state index contributed by atoms with van der Waals surface area (Å²) in [5.41, 5.74) is 0.680. The van der Waals surface area contributed by atoms with Gasteiger partial charge in [0.05, 0.1) is 18.1 Å². The third-order valence-electron chi connectivity index (χ3n) is 4.80. The van der Waals surface area contributed by atoms with Crippen molar-refractivity contribution in [2.24, 2.45) is 0 Å². The zero-order valence-corrected chi connectivity index (χ0v) is 17.0. The van der Waals surface area contributed by atoms with E-state index in [2.05, 4.69) is 37.7 Å². The van der Waals surface area contributed by atoms with Crippen LogP contribution in [-0.4, -0.2) is 42.6 Å². The quantitative estimate of drug-likeness (QED) is 0.575. The van der Waals surface area contributed by atoms with Gasteiger partial charge in [-0.05, 0) is 43.2 Å². The Labute approximate surface area is 173 Å². The third-order valence-corrected chi connectivity index (χ3v) is 5.57. The van der Waals surface area contributed by atoms with Gasteiger partial charge in [-0.25, -0.2) is 9.97 Å². The molecular weight excluding hydrogens is 386 g/mol. The van der Waals surface area contributed by atoms with Gasteiger partial charge in [-0.1, -0.05) is 13.0 Å². The first-order valence-corrected chi connectivity index (χ1v) is 10.7. The second-order valence-corrected chi connectivity index (χ2v) is 8.14. The van der Waals surface area contributed by atoms with Crippen LogP contribution in [0.4, 0.5) is 11.8 Å². The Morgan fingerprint density at radius 3 is 2.62 bits per heavy atom. The van der Waals surface area contributed by atoms with Gasteiger partial charge in [0.15, 0.2) is 0 Å². The van der Waals surface area contributed by atoms with E-state index < -0.39 is 0 Å². The number of thioether (sulfide) groups is 1. The van der Waals surface area contributed by atoms with Crippen LogP contribution >= 0.6 is 11.8 Å². The highest BCUT2D eigenvalue weighted by Crippen LogP contribution is 2.25. The molecular formula is C20H23N7OS. The minimum atomic E-state index is -0.0715. The number of aromatic nitrogens is 5. The van der Waals surface area contributed by atoms with Crippen molar-refractivity contribution in [2.75, 3.05) is 16.4 Å². The fourth-order valence-electron chi connectivity index (χ4n) is 3.43. The first-order valence-electron chi connectivity index (χ1n) is 9.71. The number of rotatable bonds is 7. The van der Waals surface area contributed by atoms with Gasteiger partial charge >= 0.3 is 0 Å². The Morgan fingerprint density at radius 1 is 1.07 bits per heavy atom. The molecule has 0 spiro atoms. The molecule has 0 unspecified atom stereocenters. The predicted octanol–water partition coefficient (Wildman–Crippen LogP) is 2.97. The lowest BCUT2D eigenvalue weighted by molar-refractivity contribution is 0.710. The average molecular weight is 410 g/mol. The van der Waals surface area contributed by atoms with Crippen LogP contribution < -0.4 is 16.2 Å². The van der Waals surface area contributed by atoms with E-state index >= 15 is 0 Å². The van der Waals surface area contributed by atoms with E-state index in [9.17, 15) is 4.79 Å². The van der Waals surface area contributed by atoms with Crippen molar-refractivity contribution >= 4 is 23.5 Å². The van der Waals surface area contributed by atoms with Gasteiger partial charge in [0.25, 0.3) is 5.56 Å². The summed E-state index contributed by atoms with van der Waals surface area (Å²) in [5, 5.41) is 16.0. The first kappa shape index (κ1) is 19.4. The van der Waals surface area contributed by atoms with Crippen molar-refractivity contribution in [2.45, 2.75) is 43.3 Å². The maximum absolute atomic E-state index is 11.9. The minimum absolute atomic E-state index is 0.0715. The van der Waals surface area contributed by atoms with Crippen LogP contribution in [0, 0.1) is 0 Å². The van der Waals surface area contributed by atoms with E-state index in [0.29, 0.717) is 18.0 Å².